The Labute approximate surface area is 113 Å². The quantitative estimate of drug-likeness (QED) is 0.838. The van der Waals surface area contributed by atoms with Gasteiger partial charge >= 0.3 is 6.09 Å². The number of rotatable bonds is 4. The maximum absolute atomic E-state index is 11.3. The average Bonchev–Trinajstić information content (AvgIpc) is 2.61. The van der Waals surface area contributed by atoms with Crippen LogP contribution in [0.4, 0.5) is 4.79 Å². The summed E-state index contributed by atoms with van der Waals surface area (Å²) < 4.78 is 5.13. The molecule has 1 amide bonds. The molecule has 0 aliphatic heterocycles. The van der Waals surface area contributed by atoms with Crippen molar-refractivity contribution >= 4 is 23.5 Å². The third-order valence-electron chi connectivity index (χ3n) is 2.02. The highest BCUT2D eigenvalue weighted by Gasteiger charge is 2.14. The van der Waals surface area contributed by atoms with Gasteiger partial charge in [-0.3, -0.25) is 0 Å². The van der Waals surface area contributed by atoms with E-state index in [1.165, 1.54) is 9.75 Å². The molecule has 0 radical (unpaired) electrons. The highest BCUT2D eigenvalue weighted by atomic mass is 32.1. The molecule has 1 N–H and O–H groups in total. The minimum Gasteiger partial charge on any atom is -0.444 e. The number of amides is 1. The van der Waals surface area contributed by atoms with E-state index in [1.54, 1.807) is 11.3 Å². The molecule has 1 heterocycles. The lowest BCUT2D eigenvalue weighted by Crippen LogP contribution is -2.32. The van der Waals surface area contributed by atoms with Gasteiger partial charge < -0.3 is 10.1 Å². The van der Waals surface area contributed by atoms with E-state index in [9.17, 15) is 4.79 Å². The largest absolute Gasteiger partial charge is 0.444 e. The summed E-state index contributed by atoms with van der Waals surface area (Å²) in [5.41, 5.74) is -0.436. The SMILES string of the molecule is Cc1ccc(C=CCCNC(=O)OC(C)(C)C)s1. The highest BCUT2D eigenvalue weighted by Crippen LogP contribution is 2.16. The van der Waals surface area contributed by atoms with Crippen LogP contribution in [-0.4, -0.2) is 18.2 Å². The van der Waals surface area contributed by atoms with Crippen molar-refractivity contribution < 1.29 is 9.53 Å². The molecule has 3 nitrogen and oxygen atoms in total. The number of carbonyl (C=O) groups excluding carboxylic acids is 1. The first-order chi connectivity index (χ1) is 8.37. The fourth-order valence-corrected chi connectivity index (χ4v) is 2.12. The Morgan fingerprint density at radius 1 is 1.44 bits per heavy atom. The lowest BCUT2D eigenvalue weighted by Gasteiger charge is -2.19. The van der Waals surface area contributed by atoms with E-state index in [-0.39, 0.29) is 6.09 Å². The lowest BCUT2D eigenvalue weighted by atomic mass is 10.2. The Morgan fingerprint density at radius 2 is 2.17 bits per heavy atom. The minimum atomic E-state index is -0.436. The molecule has 1 aromatic rings. The monoisotopic (exact) mass is 267 g/mol. The predicted molar refractivity (Wildman–Crippen MR) is 76.9 cm³/mol. The van der Waals surface area contributed by atoms with E-state index >= 15 is 0 Å². The van der Waals surface area contributed by atoms with E-state index in [0.29, 0.717) is 6.54 Å². The zero-order valence-electron chi connectivity index (χ0n) is 11.4. The topological polar surface area (TPSA) is 38.3 Å². The number of hydrogen-bond donors (Lipinski definition) is 1. The van der Waals surface area contributed by atoms with Crippen LogP contribution in [0.3, 0.4) is 0 Å². The van der Waals surface area contributed by atoms with Crippen molar-refractivity contribution in [3.63, 3.8) is 0 Å². The first-order valence-electron chi connectivity index (χ1n) is 6.07. The molecule has 0 unspecified atom stereocenters. The summed E-state index contributed by atoms with van der Waals surface area (Å²) in [6, 6.07) is 4.20. The number of aryl methyl sites for hydroxylation is 1. The van der Waals surface area contributed by atoms with Gasteiger partial charge in [0.15, 0.2) is 0 Å². The van der Waals surface area contributed by atoms with Gasteiger partial charge in [-0.2, -0.15) is 0 Å². The standard InChI is InChI=1S/C14H21NO2S/c1-11-8-9-12(18-11)7-5-6-10-15-13(16)17-14(2,3)4/h5,7-9H,6,10H2,1-4H3,(H,15,16). The summed E-state index contributed by atoms with van der Waals surface area (Å²) in [6.07, 6.45) is 4.58. The van der Waals surface area contributed by atoms with Gasteiger partial charge in [0, 0.05) is 16.3 Å². The molecule has 0 fully saturated rings. The van der Waals surface area contributed by atoms with Gasteiger partial charge in [0.25, 0.3) is 0 Å². The van der Waals surface area contributed by atoms with Gasteiger partial charge in [0.1, 0.15) is 5.60 Å². The zero-order valence-corrected chi connectivity index (χ0v) is 12.3. The zero-order chi connectivity index (χ0) is 13.6. The molecule has 0 saturated carbocycles. The van der Waals surface area contributed by atoms with E-state index in [2.05, 4.69) is 36.5 Å². The summed E-state index contributed by atoms with van der Waals surface area (Å²) >= 11 is 1.76. The number of hydrogen-bond acceptors (Lipinski definition) is 3. The van der Waals surface area contributed by atoms with Crippen LogP contribution in [-0.2, 0) is 4.74 Å². The third kappa shape index (κ3) is 6.45. The first-order valence-corrected chi connectivity index (χ1v) is 6.88. The summed E-state index contributed by atoms with van der Waals surface area (Å²) in [6.45, 7) is 8.24. The van der Waals surface area contributed by atoms with Crippen molar-refractivity contribution in [2.45, 2.75) is 39.7 Å². The molecular weight excluding hydrogens is 246 g/mol. The second-order valence-corrected chi connectivity index (χ2v) is 6.39. The molecule has 1 aromatic heterocycles. The molecule has 1 rings (SSSR count). The maximum atomic E-state index is 11.3. The van der Waals surface area contributed by atoms with E-state index in [1.807, 2.05) is 20.8 Å². The van der Waals surface area contributed by atoms with Crippen molar-refractivity contribution in [2.75, 3.05) is 6.54 Å². The number of nitrogens with one attached hydrogen (secondary N) is 1. The Balaban J connectivity index is 2.19. The van der Waals surface area contributed by atoms with Gasteiger partial charge in [0.2, 0.25) is 0 Å². The summed E-state index contributed by atoms with van der Waals surface area (Å²) in [5, 5.41) is 2.72. The van der Waals surface area contributed by atoms with Crippen LogP contribution >= 0.6 is 11.3 Å². The minimum absolute atomic E-state index is 0.358. The summed E-state index contributed by atoms with van der Waals surface area (Å²) in [4.78, 5) is 13.9. The molecule has 4 heteroatoms. The van der Waals surface area contributed by atoms with Gasteiger partial charge in [0.05, 0.1) is 0 Å². The Bertz CT molecular complexity index is 416. The third-order valence-corrected chi connectivity index (χ3v) is 2.99. The number of alkyl carbamates (subject to hydrolysis) is 1. The molecule has 0 bridgehead atoms. The lowest BCUT2D eigenvalue weighted by molar-refractivity contribution is 0.0529. The molecular formula is C14H21NO2S. The average molecular weight is 267 g/mol. The molecule has 0 aliphatic rings. The van der Waals surface area contributed by atoms with Crippen molar-refractivity contribution in [1.29, 1.82) is 0 Å². The molecule has 0 aliphatic carbocycles. The van der Waals surface area contributed by atoms with Gasteiger partial charge in [-0.15, -0.1) is 11.3 Å². The second kappa shape index (κ2) is 6.59. The van der Waals surface area contributed by atoms with Crippen LogP contribution in [0.2, 0.25) is 0 Å². The van der Waals surface area contributed by atoms with Crippen molar-refractivity contribution in [3.05, 3.63) is 28.0 Å². The van der Waals surface area contributed by atoms with Gasteiger partial charge in [-0.05, 0) is 52.3 Å². The predicted octanol–water partition coefficient (Wildman–Crippen LogP) is 3.98. The fraction of sp³-hybridized carbons (Fsp3) is 0.500. The van der Waals surface area contributed by atoms with Crippen molar-refractivity contribution in [1.82, 2.24) is 5.32 Å². The first kappa shape index (κ1) is 14.8. The molecule has 0 atom stereocenters. The van der Waals surface area contributed by atoms with Crippen LogP contribution in [0.25, 0.3) is 6.08 Å². The summed E-state index contributed by atoms with van der Waals surface area (Å²) in [5.74, 6) is 0. The smallest absolute Gasteiger partial charge is 0.407 e. The Kier molecular flexibility index (Phi) is 5.41. The van der Waals surface area contributed by atoms with Gasteiger partial charge in [-0.1, -0.05) is 6.08 Å². The second-order valence-electron chi connectivity index (χ2n) is 5.07. The van der Waals surface area contributed by atoms with Gasteiger partial charge in [-0.25, -0.2) is 4.79 Å². The molecule has 18 heavy (non-hydrogen) atoms. The van der Waals surface area contributed by atoms with Crippen LogP contribution in [0, 0.1) is 6.92 Å². The molecule has 0 spiro atoms. The van der Waals surface area contributed by atoms with Crippen LogP contribution in [0.15, 0.2) is 18.2 Å². The van der Waals surface area contributed by atoms with Crippen LogP contribution < -0.4 is 5.32 Å². The van der Waals surface area contributed by atoms with Crippen LogP contribution in [0.5, 0.6) is 0 Å². The normalized spacial score (nSPS) is 11.8. The molecule has 0 aromatic carbocycles. The van der Waals surface area contributed by atoms with E-state index in [0.717, 1.165) is 6.42 Å². The number of carbonyl (C=O) groups is 1. The fourth-order valence-electron chi connectivity index (χ4n) is 1.31. The summed E-state index contributed by atoms with van der Waals surface area (Å²) in [7, 11) is 0. The number of thiophene rings is 1. The highest BCUT2D eigenvalue weighted by molar-refractivity contribution is 7.12. The molecule has 0 saturated heterocycles. The Morgan fingerprint density at radius 3 is 2.72 bits per heavy atom. The molecule has 100 valence electrons. The Hall–Kier alpha value is -1.29. The van der Waals surface area contributed by atoms with Crippen molar-refractivity contribution in [2.24, 2.45) is 0 Å². The van der Waals surface area contributed by atoms with Crippen LogP contribution in [0.1, 0.15) is 36.9 Å². The number of ether oxygens (including phenoxy) is 1. The van der Waals surface area contributed by atoms with Crippen molar-refractivity contribution in [3.8, 4) is 0 Å². The maximum Gasteiger partial charge on any atom is 0.407 e. The van der Waals surface area contributed by atoms with E-state index in [4.69, 9.17) is 4.74 Å². The van der Waals surface area contributed by atoms with E-state index < -0.39 is 5.60 Å².